The summed E-state index contributed by atoms with van der Waals surface area (Å²) in [5.74, 6) is -1.46. The SMILES string of the molecule is C=CCOC(=O)C1=CC=CC2=NNC(=O)C12. The maximum atomic E-state index is 11.6. The summed E-state index contributed by atoms with van der Waals surface area (Å²) in [6, 6.07) is 0. The summed E-state index contributed by atoms with van der Waals surface area (Å²) in [4.78, 5) is 23.1. The molecule has 0 aromatic carbocycles. The molecule has 1 aliphatic heterocycles. The molecule has 0 bridgehead atoms. The fourth-order valence-corrected chi connectivity index (χ4v) is 1.57. The number of hydrazone groups is 1. The molecule has 1 atom stereocenters. The van der Waals surface area contributed by atoms with Crippen LogP contribution in [-0.2, 0) is 14.3 Å². The molecule has 2 aliphatic rings. The first-order chi connectivity index (χ1) is 7.74. The van der Waals surface area contributed by atoms with Gasteiger partial charge < -0.3 is 4.74 Å². The lowest BCUT2D eigenvalue weighted by molar-refractivity contribution is -0.139. The summed E-state index contributed by atoms with van der Waals surface area (Å²) < 4.78 is 4.89. The zero-order valence-corrected chi connectivity index (χ0v) is 8.47. The first-order valence-electron chi connectivity index (χ1n) is 4.77. The number of nitrogens with zero attached hydrogens (tertiary/aromatic N) is 1. The van der Waals surface area contributed by atoms with Gasteiger partial charge in [-0.15, -0.1) is 0 Å². The third kappa shape index (κ3) is 1.67. The van der Waals surface area contributed by atoms with Crippen LogP contribution >= 0.6 is 0 Å². The first-order valence-corrected chi connectivity index (χ1v) is 4.77. The van der Waals surface area contributed by atoms with Crippen molar-refractivity contribution < 1.29 is 14.3 Å². The Hall–Kier alpha value is -2.17. The van der Waals surface area contributed by atoms with E-state index in [1.807, 2.05) is 0 Å². The number of carbonyl (C=O) groups excluding carboxylic acids is 2. The number of carbonyl (C=O) groups is 2. The molecule has 1 heterocycles. The van der Waals surface area contributed by atoms with Crippen LogP contribution in [0.2, 0.25) is 0 Å². The van der Waals surface area contributed by atoms with Gasteiger partial charge in [-0.25, -0.2) is 10.2 Å². The molecule has 16 heavy (non-hydrogen) atoms. The molecule has 0 spiro atoms. The normalized spacial score (nSPS) is 21.8. The Morgan fingerprint density at radius 3 is 3.25 bits per heavy atom. The second kappa shape index (κ2) is 4.14. The van der Waals surface area contributed by atoms with Gasteiger partial charge in [0, 0.05) is 0 Å². The molecule has 1 amide bonds. The Balaban J connectivity index is 2.20. The van der Waals surface area contributed by atoms with Crippen LogP contribution in [0.15, 0.2) is 41.6 Å². The Labute approximate surface area is 92.2 Å². The number of rotatable bonds is 3. The van der Waals surface area contributed by atoms with Crippen molar-refractivity contribution in [2.24, 2.45) is 11.0 Å². The number of allylic oxidation sites excluding steroid dienone is 3. The van der Waals surface area contributed by atoms with Crippen molar-refractivity contribution in [3.63, 3.8) is 0 Å². The highest BCUT2D eigenvalue weighted by atomic mass is 16.5. The Morgan fingerprint density at radius 2 is 2.50 bits per heavy atom. The van der Waals surface area contributed by atoms with Crippen LogP contribution in [0.4, 0.5) is 0 Å². The summed E-state index contributed by atoms with van der Waals surface area (Å²) in [5, 5.41) is 3.81. The molecule has 1 N–H and O–H groups in total. The van der Waals surface area contributed by atoms with Gasteiger partial charge in [-0.05, 0) is 6.08 Å². The van der Waals surface area contributed by atoms with E-state index in [0.29, 0.717) is 11.3 Å². The summed E-state index contributed by atoms with van der Waals surface area (Å²) in [5.41, 5.74) is 3.18. The second-order valence-corrected chi connectivity index (χ2v) is 3.31. The predicted molar refractivity (Wildman–Crippen MR) is 57.4 cm³/mol. The number of esters is 1. The Kier molecular flexibility index (Phi) is 2.68. The van der Waals surface area contributed by atoms with E-state index in [2.05, 4.69) is 17.1 Å². The molecular formula is C11H10N2O3. The second-order valence-electron chi connectivity index (χ2n) is 3.31. The minimum Gasteiger partial charge on any atom is -0.458 e. The largest absolute Gasteiger partial charge is 0.458 e. The highest BCUT2D eigenvalue weighted by molar-refractivity contribution is 6.20. The lowest BCUT2D eigenvalue weighted by Gasteiger charge is -2.14. The quantitative estimate of drug-likeness (QED) is 0.547. The van der Waals surface area contributed by atoms with E-state index in [1.165, 1.54) is 6.08 Å². The van der Waals surface area contributed by atoms with Gasteiger partial charge in [-0.3, -0.25) is 4.79 Å². The predicted octanol–water partition coefficient (Wildman–Crippen LogP) is 0.314. The lowest BCUT2D eigenvalue weighted by Crippen LogP contribution is -2.30. The minimum atomic E-state index is -0.637. The van der Waals surface area contributed by atoms with Gasteiger partial charge in [0.1, 0.15) is 12.5 Å². The molecule has 0 radical (unpaired) electrons. The zero-order valence-electron chi connectivity index (χ0n) is 8.47. The molecule has 5 heteroatoms. The molecule has 0 saturated carbocycles. The highest BCUT2D eigenvalue weighted by Gasteiger charge is 2.37. The van der Waals surface area contributed by atoms with Gasteiger partial charge in [-0.2, -0.15) is 5.10 Å². The van der Waals surface area contributed by atoms with Crippen molar-refractivity contribution in [2.75, 3.05) is 6.61 Å². The number of hydrogen-bond donors (Lipinski definition) is 1. The Morgan fingerprint density at radius 1 is 1.69 bits per heavy atom. The van der Waals surface area contributed by atoms with Crippen LogP contribution in [0.1, 0.15) is 0 Å². The van der Waals surface area contributed by atoms with Gasteiger partial charge in [0.2, 0.25) is 0 Å². The van der Waals surface area contributed by atoms with Crippen molar-refractivity contribution in [3.05, 3.63) is 36.5 Å². The van der Waals surface area contributed by atoms with Gasteiger partial charge in [0.15, 0.2) is 0 Å². The standard InChI is InChI=1S/C11H10N2O3/c1-2-6-16-11(15)7-4-3-5-8-9(7)10(14)13-12-8/h2-5,9H,1,6H2,(H,13,14). The molecule has 2 rings (SSSR count). The van der Waals surface area contributed by atoms with E-state index in [4.69, 9.17) is 4.74 Å². The molecule has 0 saturated heterocycles. The molecule has 1 aliphatic carbocycles. The van der Waals surface area contributed by atoms with E-state index in [0.717, 1.165) is 0 Å². The summed E-state index contributed by atoms with van der Waals surface area (Å²) in [7, 11) is 0. The zero-order chi connectivity index (χ0) is 11.5. The number of nitrogens with one attached hydrogen (secondary N) is 1. The van der Waals surface area contributed by atoms with E-state index in [1.54, 1.807) is 18.2 Å². The van der Waals surface area contributed by atoms with Gasteiger partial charge in [0.05, 0.1) is 11.3 Å². The smallest absolute Gasteiger partial charge is 0.335 e. The summed E-state index contributed by atoms with van der Waals surface area (Å²) >= 11 is 0. The van der Waals surface area contributed by atoms with E-state index >= 15 is 0 Å². The highest BCUT2D eigenvalue weighted by Crippen LogP contribution is 2.23. The number of fused-ring (bicyclic) bond motifs is 1. The third-order valence-electron chi connectivity index (χ3n) is 2.27. The van der Waals surface area contributed by atoms with Crippen LogP contribution in [0, 0.1) is 5.92 Å². The topological polar surface area (TPSA) is 67.8 Å². The van der Waals surface area contributed by atoms with Crippen molar-refractivity contribution in [1.29, 1.82) is 0 Å². The summed E-state index contributed by atoms with van der Waals surface area (Å²) in [6.07, 6.45) is 6.40. The lowest BCUT2D eigenvalue weighted by atomic mass is 9.90. The van der Waals surface area contributed by atoms with Crippen LogP contribution in [0.25, 0.3) is 0 Å². The van der Waals surface area contributed by atoms with Gasteiger partial charge in [0.25, 0.3) is 5.91 Å². The van der Waals surface area contributed by atoms with Crippen molar-refractivity contribution in [3.8, 4) is 0 Å². The van der Waals surface area contributed by atoms with E-state index < -0.39 is 11.9 Å². The first kappa shape index (κ1) is 10.4. The Bertz CT molecular complexity index is 446. The van der Waals surface area contributed by atoms with Crippen molar-refractivity contribution in [2.45, 2.75) is 0 Å². The minimum absolute atomic E-state index is 0.126. The van der Waals surface area contributed by atoms with Gasteiger partial charge >= 0.3 is 5.97 Å². The summed E-state index contributed by atoms with van der Waals surface area (Å²) in [6.45, 7) is 3.57. The number of hydrogen-bond acceptors (Lipinski definition) is 4. The van der Waals surface area contributed by atoms with Crippen molar-refractivity contribution in [1.82, 2.24) is 5.43 Å². The maximum absolute atomic E-state index is 11.6. The van der Waals surface area contributed by atoms with Gasteiger partial charge in [-0.1, -0.05) is 24.8 Å². The van der Waals surface area contributed by atoms with Crippen LogP contribution in [-0.4, -0.2) is 24.2 Å². The average molecular weight is 218 g/mol. The molecule has 0 aromatic heterocycles. The molecule has 0 fully saturated rings. The number of amides is 1. The fourth-order valence-electron chi connectivity index (χ4n) is 1.57. The molecule has 0 aromatic rings. The number of ether oxygens (including phenoxy) is 1. The molecule has 5 nitrogen and oxygen atoms in total. The van der Waals surface area contributed by atoms with Crippen molar-refractivity contribution >= 4 is 17.6 Å². The maximum Gasteiger partial charge on any atom is 0.335 e. The average Bonchev–Trinajstić information content (AvgIpc) is 2.68. The van der Waals surface area contributed by atoms with E-state index in [9.17, 15) is 9.59 Å². The van der Waals surface area contributed by atoms with Crippen LogP contribution in [0.3, 0.4) is 0 Å². The monoisotopic (exact) mass is 218 g/mol. The third-order valence-corrected chi connectivity index (χ3v) is 2.27. The molecule has 82 valence electrons. The fraction of sp³-hybridized carbons (Fsp3) is 0.182. The molecule has 1 unspecified atom stereocenters. The van der Waals surface area contributed by atoms with E-state index in [-0.39, 0.29) is 12.5 Å². The van der Waals surface area contributed by atoms with Crippen LogP contribution < -0.4 is 5.43 Å². The molecular weight excluding hydrogens is 208 g/mol. The van der Waals surface area contributed by atoms with Crippen LogP contribution in [0.5, 0.6) is 0 Å².